The normalized spacial score (nSPS) is 6.62. The zero-order valence-electron chi connectivity index (χ0n) is 3.98. The molecule has 3 nitrogen and oxygen atoms in total. The largest absolute Gasteiger partial charge is 0.418 e. The van der Waals surface area contributed by atoms with E-state index in [9.17, 15) is 4.79 Å². The molecule has 0 fully saturated rings. The van der Waals surface area contributed by atoms with Crippen molar-refractivity contribution in [1.82, 2.24) is 0 Å². The summed E-state index contributed by atoms with van der Waals surface area (Å²) >= 11 is 2.03. The number of nitrogens with two attached hydrogens (primary N) is 1. The number of hydrogen-bond donors (Lipinski definition) is 1. The summed E-state index contributed by atoms with van der Waals surface area (Å²) in [6, 6.07) is 0. The highest BCUT2D eigenvalue weighted by Gasteiger charge is 1.82. The lowest BCUT2D eigenvalue weighted by molar-refractivity contribution is 0.202. The van der Waals surface area contributed by atoms with Crippen LogP contribution in [0.3, 0.4) is 0 Å². The predicted octanol–water partition coefficient (Wildman–Crippen LogP) is 0.478. The summed E-state index contributed by atoms with van der Waals surface area (Å²) < 4.78 is 4.69. The quantitative estimate of drug-likeness (QED) is 0.370. The van der Waals surface area contributed by atoms with Crippen molar-refractivity contribution < 1.29 is 9.53 Å². The van der Waals surface area contributed by atoms with Gasteiger partial charge in [-0.1, -0.05) is 22.6 Å². The summed E-state index contributed by atoms with van der Waals surface area (Å²) in [5.74, 6) is 2.49. The van der Waals surface area contributed by atoms with E-state index in [-0.39, 0.29) is 0 Å². The minimum atomic E-state index is -0.859. The van der Waals surface area contributed by atoms with Gasteiger partial charge in [0.25, 0.3) is 0 Å². The van der Waals surface area contributed by atoms with Crippen LogP contribution in [0.25, 0.3) is 0 Å². The van der Waals surface area contributed by atoms with E-state index in [1.165, 1.54) is 0 Å². The van der Waals surface area contributed by atoms with Crippen LogP contribution < -0.4 is 5.73 Å². The molecule has 0 aromatic carbocycles. The first-order chi connectivity index (χ1) is 3.77. The molecule has 4 heteroatoms. The van der Waals surface area contributed by atoms with Gasteiger partial charge in [0.2, 0.25) is 0 Å². The van der Waals surface area contributed by atoms with E-state index in [1.54, 1.807) is 0 Å². The van der Waals surface area contributed by atoms with Crippen molar-refractivity contribution in [3.8, 4) is 12.0 Å². The molecule has 0 unspecified atom stereocenters. The monoisotopic (exact) mass is 225 g/mol. The van der Waals surface area contributed by atoms with E-state index in [0.717, 1.165) is 0 Å². The van der Waals surface area contributed by atoms with Crippen LogP contribution in [0.5, 0.6) is 0 Å². The Hall–Kier alpha value is -0.440. The van der Waals surface area contributed by atoms with Gasteiger partial charge in [0, 0.05) is 0 Å². The van der Waals surface area contributed by atoms with Gasteiger partial charge in [0.15, 0.2) is 0 Å². The number of hydrogen-bond acceptors (Lipinski definition) is 2. The summed E-state index contributed by atoms with van der Waals surface area (Å²) in [7, 11) is 0. The topological polar surface area (TPSA) is 52.3 Å². The lowest BCUT2D eigenvalue weighted by Crippen LogP contribution is -2.09. The number of primary amides is 1. The molecule has 0 atom stereocenters. The second-order valence-electron chi connectivity index (χ2n) is 0.834. The van der Waals surface area contributed by atoms with E-state index in [2.05, 4.69) is 22.5 Å². The maximum atomic E-state index is 9.77. The number of alkyl halides is 1. The smallest absolute Gasteiger partial charge is 0.356 e. The van der Waals surface area contributed by atoms with E-state index < -0.39 is 6.09 Å². The zero-order valence-corrected chi connectivity index (χ0v) is 6.14. The molecule has 2 N–H and O–H groups in total. The van der Waals surface area contributed by atoms with Crippen molar-refractivity contribution in [2.24, 2.45) is 5.73 Å². The Bertz CT molecular complexity index is 135. The molecule has 0 bridgehead atoms. The van der Waals surface area contributed by atoms with Gasteiger partial charge in [0.05, 0.1) is 4.43 Å². The Morgan fingerprint density at radius 2 is 2.50 bits per heavy atom. The average Bonchev–Trinajstić information content (AvgIpc) is 1.66. The lowest BCUT2D eigenvalue weighted by Gasteiger charge is -1.80. The minimum Gasteiger partial charge on any atom is -0.356 e. The molecule has 0 rings (SSSR count). The number of rotatable bonds is 0. The van der Waals surface area contributed by atoms with Crippen LogP contribution in [-0.4, -0.2) is 10.5 Å². The predicted molar refractivity (Wildman–Crippen MR) is 37.3 cm³/mol. The van der Waals surface area contributed by atoms with Gasteiger partial charge >= 0.3 is 6.09 Å². The summed E-state index contributed by atoms with van der Waals surface area (Å²) in [6.45, 7) is 0. The summed E-state index contributed by atoms with van der Waals surface area (Å²) in [5, 5.41) is 0. The van der Waals surface area contributed by atoms with Crippen LogP contribution in [0, 0.1) is 12.0 Å². The lowest BCUT2D eigenvalue weighted by atomic mass is 10.8. The fourth-order valence-electron chi connectivity index (χ4n) is 0.114. The highest BCUT2D eigenvalue weighted by molar-refractivity contribution is 14.1. The van der Waals surface area contributed by atoms with Crippen molar-refractivity contribution in [2.45, 2.75) is 0 Å². The van der Waals surface area contributed by atoms with Crippen LogP contribution in [-0.2, 0) is 4.74 Å². The van der Waals surface area contributed by atoms with Gasteiger partial charge in [-0.15, -0.1) is 0 Å². The molecule has 44 valence electrons. The standard InChI is InChI=1S/C4H4INO2/c5-2-1-3-8-4(6)7/h2H2,(H2,6,7). The third-order valence-corrected chi connectivity index (χ3v) is 0.672. The Morgan fingerprint density at radius 1 is 1.88 bits per heavy atom. The molecule has 0 aromatic heterocycles. The van der Waals surface area contributed by atoms with E-state index in [0.29, 0.717) is 4.43 Å². The van der Waals surface area contributed by atoms with E-state index in [1.807, 2.05) is 22.6 Å². The van der Waals surface area contributed by atoms with E-state index in [4.69, 9.17) is 0 Å². The first-order valence-corrected chi connectivity index (χ1v) is 3.30. The minimum absolute atomic E-state index is 0.630. The second-order valence-corrected chi connectivity index (χ2v) is 1.60. The number of amides is 1. The summed E-state index contributed by atoms with van der Waals surface area (Å²) in [4.78, 5) is 9.77. The van der Waals surface area contributed by atoms with Gasteiger partial charge in [-0.3, -0.25) is 0 Å². The first kappa shape index (κ1) is 7.56. The van der Waals surface area contributed by atoms with Crippen LogP contribution in [0.4, 0.5) is 4.79 Å². The Labute approximate surface area is 60.7 Å². The number of halogens is 1. The molecule has 1 amide bonds. The molecule has 0 saturated heterocycles. The second kappa shape index (κ2) is 4.71. The highest BCUT2D eigenvalue weighted by atomic mass is 127. The maximum absolute atomic E-state index is 9.77. The molecule has 0 aliphatic rings. The van der Waals surface area contributed by atoms with E-state index >= 15 is 0 Å². The van der Waals surface area contributed by atoms with Crippen LogP contribution in [0.2, 0.25) is 0 Å². The van der Waals surface area contributed by atoms with Gasteiger partial charge in [-0.05, 0) is 5.92 Å². The molecular formula is C4H4INO2. The fourth-order valence-corrected chi connectivity index (χ4v) is 0.269. The third kappa shape index (κ3) is 5.56. The van der Waals surface area contributed by atoms with Crippen molar-refractivity contribution >= 4 is 28.7 Å². The van der Waals surface area contributed by atoms with Crippen molar-refractivity contribution in [2.75, 3.05) is 4.43 Å². The van der Waals surface area contributed by atoms with Crippen molar-refractivity contribution in [3.05, 3.63) is 0 Å². The number of ether oxygens (including phenoxy) is 1. The molecule has 0 aliphatic carbocycles. The summed E-state index contributed by atoms with van der Waals surface area (Å²) in [5.41, 5.74) is 4.57. The van der Waals surface area contributed by atoms with Gasteiger partial charge in [-0.25, -0.2) is 4.79 Å². The average molecular weight is 225 g/mol. The first-order valence-electron chi connectivity index (χ1n) is 1.77. The molecule has 0 aliphatic heterocycles. The molecule has 0 spiro atoms. The van der Waals surface area contributed by atoms with Crippen molar-refractivity contribution in [1.29, 1.82) is 0 Å². The van der Waals surface area contributed by atoms with Crippen LogP contribution in [0.1, 0.15) is 0 Å². The molecule has 8 heavy (non-hydrogen) atoms. The maximum Gasteiger partial charge on any atom is 0.418 e. The Balaban J connectivity index is 3.29. The van der Waals surface area contributed by atoms with Crippen molar-refractivity contribution in [3.63, 3.8) is 0 Å². The van der Waals surface area contributed by atoms with Gasteiger partial charge in [-0.2, -0.15) is 0 Å². The zero-order chi connectivity index (χ0) is 6.41. The number of carbonyl (C=O) groups is 1. The molecular weight excluding hydrogens is 221 g/mol. The Morgan fingerprint density at radius 3 is 2.88 bits per heavy atom. The Kier molecular flexibility index (Phi) is 4.45. The molecule has 0 saturated carbocycles. The van der Waals surface area contributed by atoms with Gasteiger partial charge < -0.3 is 10.5 Å². The fraction of sp³-hybridized carbons (Fsp3) is 0.250. The molecule has 0 heterocycles. The number of carbonyl (C=O) groups excluding carboxylic acids is 1. The highest BCUT2D eigenvalue weighted by Crippen LogP contribution is 1.74. The van der Waals surface area contributed by atoms with Crippen LogP contribution in [0.15, 0.2) is 0 Å². The molecule has 0 aromatic rings. The SMILES string of the molecule is NC(=O)OC#CCI. The summed E-state index contributed by atoms with van der Waals surface area (Å²) in [6.07, 6.45) is 1.24. The molecule has 0 radical (unpaired) electrons. The van der Waals surface area contributed by atoms with Gasteiger partial charge in [0.1, 0.15) is 6.11 Å². The van der Waals surface area contributed by atoms with Crippen LogP contribution >= 0.6 is 22.6 Å². The third-order valence-electron chi connectivity index (χ3n) is 0.291.